The molecule has 0 aliphatic carbocycles. The van der Waals surface area contributed by atoms with Crippen molar-refractivity contribution in [3.8, 4) is 11.4 Å². The summed E-state index contributed by atoms with van der Waals surface area (Å²) >= 11 is 0. The van der Waals surface area contributed by atoms with Crippen molar-refractivity contribution in [1.82, 2.24) is 25.2 Å². The smallest absolute Gasteiger partial charge is 0.433 e. The fourth-order valence-electron chi connectivity index (χ4n) is 5.46. The predicted octanol–water partition coefficient (Wildman–Crippen LogP) is 3.11. The number of piperazine rings is 1. The average molecular weight is 675 g/mol. The van der Waals surface area contributed by atoms with E-state index < -0.39 is 31.6 Å². The van der Waals surface area contributed by atoms with Crippen LogP contribution in [0, 0.1) is 0 Å². The maximum Gasteiger partial charge on any atom is 0.527 e. The number of anilines is 1. The zero-order valence-electron chi connectivity index (χ0n) is 26.9. The molecule has 1 aromatic heterocycles. The number of hydrogen-bond acceptors (Lipinski definition) is 13. The molecule has 0 bridgehead atoms. The molecule has 3 fully saturated rings. The van der Waals surface area contributed by atoms with Crippen molar-refractivity contribution < 1.29 is 42.3 Å². The molecule has 1 N–H and O–H groups in total. The Bertz CT molecular complexity index is 1420. The molecule has 0 saturated carbocycles. The number of hydrogen-bond donors (Lipinski definition) is 1. The maximum atomic E-state index is 13.9. The Kier molecular flexibility index (Phi) is 12.2. The van der Waals surface area contributed by atoms with E-state index in [1.807, 2.05) is 42.2 Å². The molecular weight excluding hydrogens is 631 g/mol. The topological polar surface area (TPSA) is 162 Å². The standard InChI is InChI=1S/C31H43N6O9P/c1-3-4-17-43-31(40)46-37-15-13-35(14-16-37)30(39)26(22-47(41)44-18-8-19-45-47)33-29(38)25-20-27(36-12-11-24(21-36)42-2)34-28(32-25)23-9-6-5-7-10-23/h5-7,9-10,20,24,26H,3-4,8,11-19,21-22H2,1-2H3,(H,33,38)/t24-,26-/m0/s1. The molecule has 16 heteroatoms. The Hall–Kier alpha value is -3.62. The Labute approximate surface area is 274 Å². The number of nitrogens with zero attached hydrogens (tertiary/aromatic N) is 5. The molecule has 3 saturated heterocycles. The molecule has 2 amide bonds. The molecule has 15 nitrogen and oxygen atoms in total. The average Bonchev–Trinajstić information content (AvgIpc) is 3.58. The van der Waals surface area contributed by atoms with Crippen LogP contribution in [0.25, 0.3) is 11.4 Å². The van der Waals surface area contributed by atoms with Crippen LogP contribution in [0.3, 0.4) is 0 Å². The van der Waals surface area contributed by atoms with Gasteiger partial charge in [0.1, 0.15) is 17.6 Å². The predicted molar refractivity (Wildman–Crippen MR) is 171 cm³/mol. The second-order valence-corrected chi connectivity index (χ2v) is 13.6. The van der Waals surface area contributed by atoms with Crippen LogP contribution in [0.15, 0.2) is 36.4 Å². The van der Waals surface area contributed by atoms with Crippen molar-refractivity contribution in [2.24, 2.45) is 0 Å². The molecule has 4 heterocycles. The van der Waals surface area contributed by atoms with Gasteiger partial charge in [0.25, 0.3) is 5.91 Å². The van der Waals surface area contributed by atoms with Gasteiger partial charge in [0.2, 0.25) is 5.91 Å². The summed E-state index contributed by atoms with van der Waals surface area (Å²) < 4.78 is 35.0. The van der Waals surface area contributed by atoms with Gasteiger partial charge < -0.3 is 38.5 Å². The molecule has 2 atom stereocenters. The summed E-state index contributed by atoms with van der Waals surface area (Å²) in [6, 6.07) is 9.66. The summed E-state index contributed by atoms with van der Waals surface area (Å²) in [5.74, 6) is -0.181. The van der Waals surface area contributed by atoms with Crippen molar-refractivity contribution in [2.45, 2.75) is 44.8 Å². The summed E-state index contributed by atoms with van der Waals surface area (Å²) in [6.45, 7) is 4.87. The van der Waals surface area contributed by atoms with Gasteiger partial charge in [-0.05, 0) is 19.3 Å². The van der Waals surface area contributed by atoms with Gasteiger partial charge in [0.05, 0.1) is 45.2 Å². The van der Waals surface area contributed by atoms with Crippen molar-refractivity contribution in [1.29, 1.82) is 0 Å². The fourth-order valence-corrected chi connectivity index (χ4v) is 7.25. The Morgan fingerprint density at radius 3 is 2.49 bits per heavy atom. The number of unbranched alkanes of at least 4 members (excludes halogenated alkanes) is 1. The zero-order chi connectivity index (χ0) is 33.2. The third-order valence-corrected chi connectivity index (χ3v) is 10.1. The number of methoxy groups -OCH3 is 1. The highest BCUT2D eigenvalue weighted by molar-refractivity contribution is 7.54. The molecule has 2 aromatic rings. The summed E-state index contributed by atoms with van der Waals surface area (Å²) in [5.41, 5.74) is 0.775. The first kappa shape index (κ1) is 34.7. The van der Waals surface area contributed by atoms with Gasteiger partial charge in [-0.25, -0.2) is 14.8 Å². The van der Waals surface area contributed by atoms with Gasteiger partial charge in [-0.1, -0.05) is 43.7 Å². The van der Waals surface area contributed by atoms with Crippen LogP contribution in [-0.2, 0) is 32.7 Å². The second-order valence-electron chi connectivity index (χ2n) is 11.5. The van der Waals surface area contributed by atoms with Gasteiger partial charge in [0.15, 0.2) is 5.82 Å². The van der Waals surface area contributed by atoms with E-state index in [4.69, 9.17) is 28.3 Å². The van der Waals surface area contributed by atoms with E-state index in [1.165, 1.54) is 9.96 Å². The number of amides is 2. The third-order valence-electron chi connectivity index (χ3n) is 8.13. The lowest BCUT2D eigenvalue weighted by molar-refractivity contribution is -0.157. The quantitative estimate of drug-likeness (QED) is 0.199. The van der Waals surface area contributed by atoms with Gasteiger partial charge in [0, 0.05) is 44.9 Å². The van der Waals surface area contributed by atoms with Crippen LogP contribution < -0.4 is 10.2 Å². The van der Waals surface area contributed by atoms with Crippen LogP contribution >= 0.6 is 7.60 Å². The number of nitrogens with one attached hydrogen (secondary N) is 1. The van der Waals surface area contributed by atoms with E-state index >= 15 is 0 Å². The first-order valence-corrected chi connectivity index (χ1v) is 17.8. The molecule has 3 aliphatic heterocycles. The number of carbonyl (C=O) groups excluding carboxylic acids is 3. The van der Waals surface area contributed by atoms with Crippen LogP contribution in [0.5, 0.6) is 0 Å². The number of carbonyl (C=O) groups is 3. The summed E-state index contributed by atoms with van der Waals surface area (Å²) in [4.78, 5) is 57.9. The number of hydroxylamine groups is 2. The molecular formula is C31H43N6O9P. The molecule has 1 aromatic carbocycles. The lowest BCUT2D eigenvalue weighted by Crippen LogP contribution is -2.56. The number of benzene rings is 1. The van der Waals surface area contributed by atoms with E-state index in [0.29, 0.717) is 31.2 Å². The van der Waals surface area contributed by atoms with Crippen molar-refractivity contribution in [3.05, 3.63) is 42.1 Å². The monoisotopic (exact) mass is 674 g/mol. The van der Waals surface area contributed by atoms with Crippen LogP contribution in [0.4, 0.5) is 10.6 Å². The van der Waals surface area contributed by atoms with Crippen molar-refractivity contribution in [2.75, 3.05) is 77.3 Å². The van der Waals surface area contributed by atoms with E-state index in [0.717, 1.165) is 24.8 Å². The minimum Gasteiger partial charge on any atom is -0.433 e. The number of ether oxygens (including phenoxy) is 2. The highest BCUT2D eigenvalue weighted by Gasteiger charge is 2.39. The minimum absolute atomic E-state index is 0.0368. The largest absolute Gasteiger partial charge is 0.527 e. The minimum atomic E-state index is -3.67. The first-order valence-electron chi connectivity index (χ1n) is 16.1. The van der Waals surface area contributed by atoms with Crippen LogP contribution in [0.2, 0.25) is 0 Å². The van der Waals surface area contributed by atoms with Gasteiger partial charge >= 0.3 is 13.8 Å². The summed E-state index contributed by atoms with van der Waals surface area (Å²) in [6.07, 6.45) is 1.90. The zero-order valence-corrected chi connectivity index (χ0v) is 27.8. The molecule has 0 radical (unpaired) electrons. The third kappa shape index (κ3) is 9.48. The highest BCUT2D eigenvalue weighted by atomic mass is 31.2. The highest BCUT2D eigenvalue weighted by Crippen LogP contribution is 2.51. The Morgan fingerprint density at radius 2 is 1.81 bits per heavy atom. The molecule has 0 spiro atoms. The number of rotatable bonds is 12. The van der Waals surface area contributed by atoms with Crippen molar-refractivity contribution in [3.63, 3.8) is 0 Å². The van der Waals surface area contributed by atoms with E-state index in [-0.39, 0.29) is 64.0 Å². The van der Waals surface area contributed by atoms with E-state index in [9.17, 15) is 18.9 Å². The molecule has 0 unspecified atom stereocenters. The van der Waals surface area contributed by atoms with E-state index in [1.54, 1.807) is 13.2 Å². The number of aromatic nitrogens is 2. The lowest BCUT2D eigenvalue weighted by atomic mass is 10.2. The molecule has 47 heavy (non-hydrogen) atoms. The normalized spacial score (nSPS) is 20.4. The summed E-state index contributed by atoms with van der Waals surface area (Å²) in [5, 5.41) is 4.21. The molecule has 5 rings (SSSR count). The molecule has 3 aliphatic rings. The molecule has 256 valence electrons. The lowest BCUT2D eigenvalue weighted by Gasteiger charge is -2.35. The van der Waals surface area contributed by atoms with Crippen molar-refractivity contribution >= 4 is 31.4 Å². The van der Waals surface area contributed by atoms with Gasteiger partial charge in [-0.3, -0.25) is 14.2 Å². The fraction of sp³-hybridized carbons (Fsp3) is 0.581. The first-order chi connectivity index (χ1) is 22.8. The Balaban J connectivity index is 1.33. The summed E-state index contributed by atoms with van der Waals surface area (Å²) in [7, 11) is -2.01. The van der Waals surface area contributed by atoms with Crippen LogP contribution in [0.1, 0.15) is 43.1 Å². The second kappa shape index (κ2) is 16.5. The SMILES string of the molecule is CCCCOC(=O)ON1CCN(C(=O)[C@H](CP2(=O)OCCCO2)NC(=O)c2cc(N3CC[C@H](OC)C3)nc(-c3ccccc3)n2)CC1. The van der Waals surface area contributed by atoms with Crippen LogP contribution in [-0.4, -0.2) is 122 Å². The van der Waals surface area contributed by atoms with E-state index in [2.05, 4.69) is 10.3 Å². The Morgan fingerprint density at radius 1 is 1.06 bits per heavy atom. The van der Waals surface area contributed by atoms with Gasteiger partial charge in [-0.15, -0.1) is 5.06 Å². The van der Waals surface area contributed by atoms with Gasteiger partial charge in [-0.2, -0.15) is 0 Å². The maximum absolute atomic E-state index is 13.9.